The van der Waals surface area contributed by atoms with Crippen LogP contribution in [-0.2, 0) is 17.6 Å². The summed E-state index contributed by atoms with van der Waals surface area (Å²) in [5.41, 5.74) is 8.97. The minimum absolute atomic E-state index is 0.0759. The van der Waals surface area contributed by atoms with E-state index in [0.717, 1.165) is 40.9 Å². The number of fused-ring (bicyclic) bond motifs is 3. The molecule has 0 bridgehead atoms. The lowest BCUT2D eigenvalue weighted by Gasteiger charge is -2.14. The maximum Gasteiger partial charge on any atom is 0.267 e. The van der Waals surface area contributed by atoms with Gasteiger partial charge in [0.1, 0.15) is 4.83 Å². The van der Waals surface area contributed by atoms with Crippen LogP contribution in [0.1, 0.15) is 32.8 Å². The van der Waals surface area contributed by atoms with Crippen molar-refractivity contribution in [1.29, 1.82) is 0 Å². The van der Waals surface area contributed by atoms with E-state index in [9.17, 15) is 14.4 Å². The molecule has 2 heterocycles. The number of anilines is 1. The van der Waals surface area contributed by atoms with Crippen LogP contribution in [0, 0.1) is 6.92 Å². The summed E-state index contributed by atoms with van der Waals surface area (Å²) in [5, 5.41) is 4.01. The van der Waals surface area contributed by atoms with Crippen molar-refractivity contribution in [2.24, 2.45) is 5.73 Å². The molecule has 5 rings (SSSR count). The highest BCUT2D eigenvalue weighted by atomic mass is 32.2. The Bertz CT molecular complexity index is 1490. The minimum atomic E-state index is -0.524. The fourth-order valence-electron chi connectivity index (χ4n) is 4.19. The maximum atomic E-state index is 13.7. The average Bonchev–Trinajstić information content (AvgIpc) is 3.40. The summed E-state index contributed by atoms with van der Waals surface area (Å²) < 4.78 is 1.64. The standard InChI is InChI=1S/C25H22N4O3S2/c1-14-5-2-3-7-18(14)29-24(32)21-17-6-4-8-19(17)34-23(21)28-25(29)33-13-20(30)27-16-11-9-15(10-12-16)22(26)31/h2-3,5,7,9-12H,4,6,8,13H2,1H3,(H2,26,31)(H,27,30). The molecule has 7 nitrogen and oxygen atoms in total. The van der Waals surface area contributed by atoms with Gasteiger partial charge in [-0.2, -0.15) is 0 Å². The Labute approximate surface area is 204 Å². The second kappa shape index (κ2) is 9.08. The van der Waals surface area contributed by atoms with Gasteiger partial charge in [-0.25, -0.2) is 4.98 Å². The maximum absolute atomic E-state index is 13.7. The van der Waals surface area contributed by atoms with Gasteiger partial charge in [-0.05, 0) is 67.6 Å². The average molecular weight is 491 g/mol. The zero-order valence-corrected chi connectivity index (χ0v) is 20.1. The molecule has 9 heteroatoms. The Morgan fingerprint density at radius 2 is 1.91 bits per heavy atom. The van der Waals surface area contributed by atoms with Crippen molar-refractivity contribution in [2.75, 3.05) is 11.1 Å². The molecule has 0 saturated carbocycles. The van der Waals surface area contributed by atoms with Crippen LogP contribution in [0.4, 0.5) is 5.69 Å². The Morgan fingerprint density at radius 3 is 2.65 bits per heavy atom. The molecule has 1 aliphatic rings. The topological polar surface area (TPSA) is 107 Å². The number of benzene rings is 2. The van der Waals surface area contributed by atoms with Crippen molar-refractivity contribution in [3.63, 3.8) is 0 Å². The van der Waals surface area contributed by atoms with Crippen LogP contribution in [-0.4, -0.2) is 27.1 Å². The Balaban J connectivity index is 1.47. The summed E-state index contributed by atoms with van der Waals surface area (Å²) in [6.45, 7) is 1.96. The molecule has 4 aromatic rings. The molecule has 0 aliphatic heterocycles. The number of amides is 2. The van der Waals surface area contributed by atoms with Crippen LogP contribution in [0.5, 0.6) is 0 Å². The lowest BCUT2D eigenvalue weighted by molar-refractivity contribution is -0.113. The number of aryl methyl sites for hydroxylation is 3. The molecular formula is C25H22N4O3S2. The SMILES string of the molecule is Cc1ccccc1-n1c(SCC(=O)Nc2ccc(C(N)=O)cc2)nc2sc3c(c2c1=O)CCC3. The van der Waals surface area contributed by atoms with Crippen LogP contribution in [0.15, 0.2) is 58.5 Å². The normalized spacial score (nSPS) is 12.6. The first-order valence-corrected chi connectivity index (χ1v) is 12.7. The molecule has 0 radical (unpaired) electrons. The number of thiophene rings is 1. The number of carbonyl (C=O) groups is 2. The minimum Gasteiger partial charge on any atom is -0.366 e. The number of thioether (sulfide) groups is 1. The predicted molar refractivity (Wildman–Crippen MR) is 136 cm³/mol. The zero-order chi connectivity index (χ0) is 23.8. The van der Waals surface area contributed by atoms with Gasteiger partial charge in [0.2, 0.25) is 11.8 Å². The van der Waals surface area contributed by atoms with Crippen molar-refractivity contribution < 1.29 is 9.59 Å². The number of rotatable bonds is 6. The van der Waals surface area contributed by atoms with Gasteiger partial charge in [0, 0.05) is 16.1 Å². The second-order valence-electron chi connectivity index (χ2n) is 8.14. The predicted octanol–water partition coefficient (Wildman–Crippen LogP) is 4.07. The van der Waals surface area contributed by atoms with Gasteiger partial charge in [-0.3, -0.25) is 19.0 Å². The number of nitrogens with two attached hydrogens (primary N) is 1. The van der Waals surface area contributed by atoms with Crippen molar-refractivity contribution in [2.45, 2.75) is 31.3 Å². The van der Waals surface area contributed by atoms with Gasteiger partial charge in [-0.15, -0.1) is 11.3 Å². The number of carbonyl (C=O) groups excluding carboxylic acids is 2. The smallest absolute Gasteiger partial charge is 0.267 e. The Hall–Kier alpha value is -3.43. The number of aromatic nitrogens is 2. The van der Waals surface area contributed by atoms with E-state index >= 15 is 0 Å². The number of hydrogen-bond donors (Lipinski definition) is 2. The van der Waals surface area contributed by atoms with Crippen molar-refractivity contribution in [3.8, 4) is 5.69 Å². The molecule has 2 aromatic carbocycles. The third-order valence-corrected chi connectivity index (χ3v) is 7.97. The van der Waals surface area contributed by atoms with Gasteiger partial charge in [0.25, 0.3) is 5.56 Å². The number of nitrogens with zero attached hydrogens (tertiary/aromatic N) is 2. The van der Waals surface area contributed by atoms with Crippen LogP contribution in [0.25, 0.3) is 15.9 Å². The monoisotopic (exact) mass is 490 g/mol. The molecular weight excluding hydrogens is 468 g/mol. The molecule has 3 N–H and O–H groups in total. The molecule has 172 valence electrons. The molecule has 2 aromatic heterocycles. The van der Waals surface area contributed by atoms with E-state index in [2.05, 4.69) is 5.32 Å². The van der Waals surface area contributed by atoms with Gasteiger partial charge in [-0.1, -0.05) is 30.0 Å². The second-order valence-corrected chi connectivity index (χ2v) is 10.2. The van der Waals surface area contributed by atoms with Gasteiger partial charge in [0.15, 0.2) is 5.16 Å². The fraction of sp³-hybridized carbons (Fsp3) is 0.200. The van der Waals surface area contributed by atoms with E-state index in [4.69, 9.17) is 10.7 Å². The molecule has 0 fully saturated rings. The van der Waals surface area contributed by atoms with E-state index in [1.165, 1.54) is 16.6 Å². The number of primary amides is 1. The van der Waals surface area contributed by atoms with Gasteiger partial charge >= 0.3 is 0 Å². The first-order valence-electron chi connectivity index (χ1n) is 10.9. The Morgan fingerprint density at radius 1 is 1.15 bits per heavy atom. The van der Waals surface area contributed by atoms with E-state index in [1.807, 2.05) is 31.2 Å². The summed E-state index contributed by atoms with van der Waals surface area (Å²) in [7, 11) is 0. The zero-order valence-electron chi connectivity index (χ0n) is 18.5. The van der Waals surface area contributed by atoms with E-state index < -0.39 is 5.91 Å². The third kappa shape index (κ3) is 4.12. The molecule has 2 amide bonds. The first-order chi connectivity index (χ1) is 16.4. The summed E-state index contributed by atoms with van der Waals surface area (Å²) in [6.07, 6.45) is 2.96. The number of nitrogens with one attached hydrogen (secondary N) is 1. The summed E-state index contributed by atoms with van der Waals surface area (Å²) in [6, 6.07) is 14.1. The summed E-state index contributed by atoms with van der Waals surface area (Å²) in [5.74, 6) is -0.688. The van der Waals surface area contributed by atoms with Crippen LogP contribution >= 0.6 is 23.1 Å². The van der Waals surface area contributed by atoms with Crippen LogP contribution < -0.4 is 16.6 Å². The quantitative estimate of drug-likeness (QED) is 0.313. The van der Waals surface area contributed by atoms with Crippen LogP contribution in [0.3, 0.4) is 0 Å². The molecule has 0 atom stereocenters. The van der Waals surface area contributed by atoms with Gasteiger partial charge < -0.3 is 11.1 Å². The largest absolute Gasteiger partial charge is 0.366 e. The fourth-order valence-corrected chi connectivity index (χ4v) is 6.30. The molecule has 34 heavy (non-hydrogen) atoms. The van der Waals surface area contributed by atoms with Crippen LogP contribution in [0.2, 0.25) is 0 Å². The van der Waals surface area contributed by atoms with Crippen molar-refractivity contribution in [1.82, 2.24) is 9.55 Å². The highest BCUT2D eigenvalue weighted by Crippen LogP contribution is 2.36. The summed E-state index contributed by atoms with van der Waals surface area (Å²) >= 11 is 2.82. The molecule has 0 spiro atoms. The highest BCUT2D eigenvalue weighted by Gasteiger charge is 2.24. The van der Waals surface area contributed by atoms with Gasteiger partial charge in [0.05, 0.1) is 16.8 Å². The van der Waals surface area contributed by atoms with Crippen molar-refractivity contribution >= 4 is 50.8 Å². The molecule has 1 aliphatic carbocycles. The molecule has 0 unspecified atom stereocenters. The summed E-state index contributed by atoms with van der Waals surface area (Å²) in [4.78, 5) is 44.4. The van der Waals surface area contributed by atoms with E-state index in [0.29, 0.717) is 21.8 Å². The van der Waals surface area contributed by atoms with Crippen molar-refractivity contribution in [3.05, 3.63) is 80.5 Å². The van der Waals surface area contributed by atoms with E-state index in [-0.39, 0.29) is 17.2 Å². The number of hydrogen-bond acceptors (Lipinski definition) is 6. The third-order valence-electron chi connectivity index (χ3n) is 5.85. The Kier molecular flexibility index (Phi) is 5.97. The highest BCUT2D eigenvalue weighted by molar-refractivity contribution is 7.99. The lowest BCUT2D eigenvalue weighted by Crippen LogP contribution is -2.23. The number of para-hydroxylation sites is 1. The first kappa shape index (κ1) is 22.4. The lowest BCUT2D eigenvalue weighted by atomic mass is 10.2. The van der Waals surface area contributed by atoms with E-state index in [1.54, 1.807) is 40.2 Å². The molecule has 0 saturated heterocycles.